The highest BCUT2D eigenvalue weighted by Gasteiger charge is 2.38. The van der Waals surface area contributed by atoms with Crippen LogP contribution in [0.3, 0.4) is 0 Å². The van der Waals surface area contributed by atoms with E-state index in [0.717, 1.165) is 36.6 Å². The summed E-state index contributed by atoms with van der Waals surface area (Å²) in [5.41, 5.74) is 1.16. The smallest absolute Gasteiger partial charge is 0.475 e. The Morgan fingerprint density at radius 2 is 1.91 bits per heavy atom. The Labute approximate surface area is 188 Å². The van der Waals surface area contributed by atoms with Gasteiger partial charge in [0.1, 0.15) is 0 Å². The lowest BCUT2D eigenvalue weighted by molar-refractivity contribution is -0.192. The zero-order valence-electron chi connectivity index (χ0n) is 17.6. The minimum absolute atomic E-state index is 0.239. The number of aromatic nitrogens is 2. The van der Waals surface area contributed by atoms with Crippen molar-refractivity contribution in [2.45, 2.75) is 44.9 Å². The number of hydrogen-bond donors (Lipinski definition) is 1. The number of amides is 1. The zero-order valence-corrected chi connectivity index (χ0v) is 18.4. The molecule has 1 amide bonds. The molecule has 0 radical (unpaired) electrons. The minimum atomic E-state index is -5.08. The Hall–Kier alpha value is -2.40. The van der Waals surface area contributed by atoms with Crippen LogP contribution in [-0.4, -0.2) is 68.9 Å². The molecule has 2 aliphatic heterocycles. The van der Waals surface area contributed by atoms with E-state index in [9.17, 15) is 18.0 Å². The van der Waals surface area contributed by atoms with Gasteiger partial charge in [-0.3, -0.25) is 9.48 Å². The van der Waals surface area contributed by atoms with Crippen LogP contribution in [0.2, 0.25) is 0 Å². The lowest BCUT2D eigenvalue weighted by Gasteiger charge is -2.25. The van der Waals surface area contributed by atoms with Gasteiger partial charge in [-0.25, -0.2) is 4.79 Å². The summed E-state index contributed by atoms with van der Waals surface area (Å²) in [6, 6.07) is 6.12. The predicted octanol–water partition coefficient (Wildman–Crippen LogP) is 3.26. The molecule has 176 valence electrons. The third-order valence-corrected chi connectivity index (χ3v) is 6.50. The van der Waals surface area contributed by atoms with Crippen LogP contribution in [-0.2, 0) is 29.1 Å². The molecular formula is C21H27F3N4O3S. The summed E-state index contributed by atoms with van der Waals surface area (Å²) in [5.74, 6) is -2.04. The number of likely N-dealkylation sites (tertiary alicyclic amines) is 1. The van der Waals surface area contributed by atoms with E-state index in [4.69, 9.17) is 9.90 Å². The van der Waals surface area contributed by atoms with E-state index in [1.807, 2.05) is 23.7 Å². The molecule has 7 nitrogen and oxygen atoms in total. The fraction of sp³-hybridized carbons (Fsp3) is 0.571. The number of halogens is 3. The number of carbonyl (C=O) groups is 2. The normalized spacial score (nSPS) is 19.1. The van der Waals surface area contributed by atoms with Gasteiger partial charge in [-0.1, -0.05) is 6.07 Å². The van der Waals surface area contributed by atoms with E-state index < -0.39 is 12.1 Å². The van der Waals surface area contributed by atoms with Gasteiger partial charge >= 0.3 is 12.1 Å². The standard InChI is InChI=1S/C19H26N4OS.C2HF3O2/c24-19(12-18-4-3-11-25-18)22-13-16(6-10-21-8-1-2-9-21)14-23-17(15-22)5-7-20-23;3-2(4,5)1(6)7/h3-5,7,11,16H,1-2,6,8-10,12-15H2;(H,6,7). The predicted molar refractivity (Wildman–Crippen MR) is 113 cm³/mol. The van der Waals surface area contributed by atoms with Crippen LogP contribution >= 0.6 is 11.3 Å². The van der Waals surface area contributed by atoms with Crippen LogP contribution in [0.15, 0.2) is 29.8 Å². The molecule has 11 heteroatoms. The summed E-state index contributed by atoms with van der Waals surface area (Å²) in [7, 11) is 0. The molecule has 4 heterocycles. The summed E-state index contributed by atoms with van der Waals surface area (Å²) in [5, 5.41) is 13.6. The molecule has 2 aliphatic rings. The van der Waals surface area contributed by atoms with Crippen molar-refractivity contribution >= 4 is 23.2 Å². The van der Waals surface area contributed by atoms with Gasteiger partial charge in [-0.05, 0) is 62.3 Å². The van der Waals surface area contributed by atoms with Crippen molar-refractivity contribution in [2.75, 3.05) is 26.2 Å². The van der Waals surface area contributed by atoms with Crippen LogP contribution in [0.25, 0.3) is 0 Å². The van der Waals surface area contributed by atoms with Gasteiger partial charge < -0.3 is 14.9 Å². The maximum atomic E-state index is 12.8. The van der Waals surface area contributed by atoms with E-state index >= 15 is 0 Å². The first-order chi connectivity index (χ1) is 15.2. The average molecular weight is 473 g/mol. The first kappa shape index (κ1) is 24.2. The second-order valence-corrected chi connectivity index (χ2v) is 9.07. The third-order valence-electron chi connectivity index (χ3n) is 5.62. The largest absolute Gasteiger partial charge is 0.490 e. The molecule has 1 saturated heterocycles. The number of rotatable bonds is 5. The highest BCUT2D eigenvalue weighted by Crippen LogP contribution is 2.21. The van der Waals surface area contributed by atoms with E-state index in [-0.39, 0.29) is 5.91 Å². The van der Waals surface area contributed by atoms with Gasteiger partial charge in [0.25, 0.3) is 0 Å². The summed E-state index contributed by atoms with van der Waals surface area (Å²) >= 11 is 1.66. The van der Waals surface area contributed by atoms with Crippen molar-refractivity contribution in [3.8, 4) is 0 Å². The van der Waals surface area contributed by atoms with Gasteiger partial charge in [0.05, 0.1) is 18.7 Å². The summed E-state index contributed by atoms with van der Waals surface area (Å²) in [6.45, 7) is 6.08. The molecule has 0 spiro atoms. The fourth-order valence-corrected chi connectivity index (χ4v) is 4.65. The van der Waals surface area contributed by atoms with Gasteiger partial charge in [-0.2, -0.15) is 18.3 Å². The van der Waals surface area contributed by atoms with Crippen LogP contribution in [0.5, 0.6) is 0 Å². The first-order valence-electron chi connectivity index (χ1n) is 10.6. The van der Waals surface area contributed by atoms with Crippen LogP contribution < -0.4 is 0 Å². The molecule has 0 aromatic carbocycles. The highest BCUT2D eigenvalue weighted by atomic mass is 32.1. The van der Waals surface area contributed by atoms with Crippen molar-refractivity contribution < 1.29 is 27.9 Å². The van der Waals surface area contributed by atoms with Crippen molar-refractivity contribution in [3.05, 3.63) is 40.3 Å². The average Bonchev–Trinajstić information content (AvgIpc) is 3.48. The molecule has 32 heavy (non-hydrogen) atoms. The second-order valence-electron chi connectivity index (χ2n) is 8.04. The van der Waals surface area contributed by atoms with Crippen molar-refractivity contribution in [1.29, 1.82) is 0 Å². The lowest BCUT2D eigenvalue weighted by Crippen LogP contribution is -2.36. The minimum Gasteiger partial charge on any atom is -0.475 e. The molecule has 0 bridgehead atoms. The monoisotopic (exact) mass is 472 g/mol. The maximum absolute atomic E-state index is 12.8. The Morgan fingerprint density at radius 3 is 2.53 bits per heavy atom. The quantitative estimate of drug-likeness (QED) is 0.723. The van der Waals surface area contributed by atoms with E-state index in [1.165, 1.54) is 25.9 Å². The molecule has 1 N–H and O–H groups in total. The van der Waals surface area contributed by atoms with Gasteiger partial charge in [0, 0.05) is 24.2 Å². The molecule has 2 aromatic rings. The third kappa shape index (κ3) is 7.06. The highest BCUT2D eigenvalue weighted by molar-refractivity contribution is 7.10. The number of hydrogen-bond acceptors (Lipinski definition) is 5. The van der Waals surface area contributed by atoms with E-state index in [0.29, 0.717) is 18.9 Å². The first-order valence-corrected chi connectivity index (χ1v) is 11.4. The number of alkyl halides is 3. The Balaban J connectivity index is 0.000000360. The number of carboxylic acid groups (broad SMARTS) is 1. The zero-order chi connectivity index (χ0) is 23.1. The second kappa shape index (κ2) is 11.0. The van der Waals surface area contributed by atoms with Crippen molar-refractivity contribution in [3.63, 3.8) is 0 Å². The SMILES string of the molecule is O=C(Cc1cccs1)N1Cc2ccnn2CC(CCN2CCCC2)C1.O=C(O)C(F)(F)F. The number of nitrogens with zero attached hydrogens (tertiary/aromatic N) is 4. The number of fused-ring (bicyclic) bond motifs is 1. The van der Waals surface area contributed by atoms with Crippen molar-refractivity contribution in [2.24, 2.45) is 5.92 Å². The Bertz CT molecular complexity index is 879. The van der Waals surface area contributed by atoms with E-state index in [2.05, 4.69) is 25.6 Å². The van der Waals surface area contributed by atoms with Crippen LogP contribution in [0.4, 0.5) is 13.2 Å². The molecule has 1 atom stereocenters. The maximum Gasteiger partial charge on any atom is 0.490 e. The Kier molecular flexibility index (Phi) is 8.30. The van der Waals surface area contributed by atoms with Gasteiger partial charge in [-0.15, -0.1) is 11.3 Å². The van der Waals surface area contributed by atoms with E-state index in [1.54, 1.807) is 11.3 Å². The summed E-state index contributed by atoms with van der Waals surface area (Å²) < 4.78 is 33.8. The summed E-state index contributed by atoms with van der Waals surface area (Å²) in [6.07, 6.45) is 1.10. The molecule has 0 saturated carbocycles. The number of thiophene rings is 1. The molecule has 0 aliphatic carbocycles. The number of aliphatic carboxylic acids is 1. The van der Waals surface area contributed by atoms with Gasteiger partial charge in [0.15, 0.2) is 0 Å². The summed E-state index contributed by atoms with van der Waals surface area (Å²) in [4.78, 5) is 27.5. The molecule has 4 rings (SSSR count). The van der Waals surface area contributed by atoms with Crippen LogP contribution in [0.1, 0.15) is 29.8 Å². The topological polar surface area (TPSA) is 78.7 Å². The Morgan fingerprint density at radius 1 is 1.19 bits per heavy atom. The molecular weight excluding hydrogens is 445 g/mol. The number of carbonyl (C=O) groups excluding carboxylic acids is 1. The van der Waals surface area contributed by atoms with Gasteiger partial charge in [0.2, 0.25) is 5.91 Å². The number of carboxylic acids is 1. The van der Waals surface area contributed by atoms with Crippen molar-refractivity contribution in [1.82, 2.24) is 19.6 Å². The molecule has 2 aromatic heterocycles. The van der Waals surface area contributed by atoms with Crippen LogP contribution in [0, 0.1) is 5.92 Å². The fourth-order valence-electron chi connectivity index (χ4n) is 3.95. The lowest BCUT2D eigenvalue weighted by atomic mass is 10.0. The molecule has 1 fully saturated rings. The molecule has 1 unspecified atom stereocenters.